The summed E-state index contributed by atoms with van der Waals surface area (Å²) in [6, 6.07) is 16.9. The molecule has 0 fully saturated rings. The Bertz CT molecular complexity index is 1520. The molecule has 4 rings (SSSR count). The molecule has 0 N–H and O–H groups in total. The smallest absolute Gasteiger partial charge is 0.247 e. The summed E-state index contributed by atoms with van der Waals surface area (Å²) in [6.07, 6.45) is 0.555. The first-order chi connectivity index (χ1) is 19.8. The standard InChI is InChI=1S/C32H39F2N3O4S/c1-23(38)37-15-9-14-35(21-24-10-7-6-8-11-24)16-17-36(22-25-18-27(33)28(34)20-29(25)37)42(39,40)31-19-26(32(2,3)4)12-13-30(31)41-5/h6-8,10-13,18-20H,9,14-17,21-22H2,1-5H3. The number of hydrogen-bond acceptors (Lipinski definition) is 5. The van der Waals surface area contributed by atoms with Crippen molar-refractivity contribution in [2.24, 2.45) is 0 Å². The van der Waals surface area contributed by atoms with Gasteiger partial charge in [-0.2, -0.15) is 4.31 Å². The highest BCUT2D eigenvalue weighted by atomic mass is 32.2. The van der Waals surface area contributed by atoms with Crippen LogP contribution in [0.5, 0.6) is 5.75 Å². The second-order valence-electron chi connectivity index (χ2n) is 11.6. The van der Waals surface area contributed by atoms with E-state index in [1.165, 1.54) is 23.2 Å². The number of hydrogen-bond donors (Lipinski definition) is 0. The van der Waals surface area contributed by atoms with Crippen LogP contribution < -0.4 is 9.64 Å². The first kappa shape index (κ1) is 31.6. The van der Waals surface area contributed by atoms with E-state index in [-0.39, 0.29) is 52.9 Å². The van der Waals surface area contributed by atoms with Crippen molar-refractivity contribution in [1.29, 1.82) is 0 Å². The molecule has 3 aromatic carbocycles. The molecule has 10 heteroatoms. The first-order valence-corrected chi connectivity index (χ1v) is 15.5. The maximum Gasteiger partial charge on any atom is 0.247 e. The van der Waals surface area contributed by atoms with Crippen molar-refractivity contribution >= 4 is 21.6 Å². The average molecular weight is 600 g/mol. The number of methoxy groups -OCH3 is 1. The number of fused-ring (bicyclic) bond motifs is 1. The van der Waals surface area contributed by atoms with E-state index < -0.39 is 21.7 Å². The molecule has 0 saturated carbocycles. The number of ether oxygens (including phenoxy) is 1. The number of sulfonamides is 1. The lowest BCUT2D eigenvalue weighted by molar-refractivity contribution is -0.116. The molecule has 1 amide bonds. The van der Waals surface area contributed by atoms with E-state index in [0.717, 1.165) is 23.3 Å². The highest BCUT2D eigenvalue weighted by Crippen LogP contribution is 2.34. The maximum atomic E-state index is 14.6. The molecule has 0 aromatic heterocycles. The summed E-state index contributed by atoms with van der Waals surface area (Å²) in [5.74, 6) is -2.36. The lowest BCUT2D eigenvalue weighted by atomic mass is 9.87. The van der Waals surface area contributed by atoms with E-state index >= 15 is 0 Å². The number of amides is 1. The Hall–Kier alpha value is -3.34. The topological polar surface area (TPSA) is 70.2 Å². The normalized spacial score (nSPS) is 16.0. The number of carbonyl (C=O) groups excluding carboxylic acids is 1. The van der Waals surface area contributed by atoms with E-state index in [0.29, 0.717) is 26.1 Å². The zero-order valence-corrected chi connectivity index (χ0v) is 25.7. The fourth-order valence-corrected chi connectivity index (χ4v) is 6.77. The lowest BCUT2D eigenvalue weighted by Crippen LogP contribution is -2.38. The predicted octanol–water partition coefficient (Wildman–Crippen LogP) is 5.72. The Morgan fingerprint density at radius 2 is 1.62 bits per heavy atom. The molecule has 1 heterocycles. The molecule has 1 aliphatic rings. The van der Waals surface area contributed by atoms with E-state index in [4.69, 9.17) is 4.74 Å². The largest absolute Gasteiger partial charge is 0.495 e. The summed E-state index contributed by atoms with van der Waals surface area (Å²) in [5.41, 5.74) is 1.91. The van der Waals surface area contributed by atoms with Gasteiger partial charge in [-0.05, 0) is 46.7 Å². The Morgan fingerprint density at radius 3 is 2.26 bits per heavy atom. The highest BCUT2D eigenvalue weighted by Gasteiger charge is 2.32. The molecule has 226 valence electrons. The molecule has 1 aliphatic heterocycles. The monoisotopic (exact) mass is 599 g/mol. The minimum Gasteiger partial charge on any atom is -0.495 e. The van der Waals surface area contributed by atoms with Gasteiger partial charge in [-0.15, -0.1) is 0 Å². The molecule has 7 nitrogen and oxygen atoms in total. The number of anilines is 1. The van der Waals surface area contributed by atoms with Crippen LogP contribution in [0.2, 0.25) is 0 Å². The SMILES string of the molecule is COc1ccc(C(C)(C)C)cc1S(=O)(=O)N1CCN(Cc2ccccc2)CCCN(C(C)=O)c2cc(F)c(F)cc2C1. The van der Waals surface area contributed by atoms with E-state index in [1.54, 1.807) is 12.1 Å². The molecule has 0 bridgehead atoms. The Morgan fingerprint density at radius 1 is 0.929 bits per heavy atom. The fraction of sp³-hybridized carbons (Fsp3) is 0.406. The van der Waals surface area contributed by atoms with Gasteiger partial charge >= 0.3 is 0 Å². The van der Waals surface area contributed by atoms with Crippen molar-refractivity contribution in [3.05, 3.63) is 89.0 Å². The summed E-state index contributed by atoms with van der Waals surface area (Å²) in [4.78, 5) is 16.3. The predicted molar refractivity (Wildman–Crippen MR) is 160 cm³/mol. The average Bonchev–Trinajstić information content (AvgIpc) is 2.97. The van der Waals surface area contributed by atoms with Crippen LogP contribution in [0.15, 0.2) is 65.6 Å². The number of carbonyl (C=O) groups is 1. The highest BCUT2D eigenvalue weighted by molar-refractivity contribution is 7.89. The van der Waals surface area contributed by atoms with E-state index in [2.05, 4.69) is 4.90 Å². The van der Waals surface area contributed by atoms with Crippen molar-refractivity contribution in [1.82, 2.24) is 9.21 Å². The van der Waals surface area contributed by atoms with Crippen molar-refractivity contribution in [3.8, 4) is 5.75 Å². The minimum atomic E-state index is -4.20. The van der Waals surface area contributed by atoms with Gasteiger partial charge in [0.25, 0.3) is 0 Å². The van der Waals surface area contributed by atoms with Gasteiger partial charge in [-0.1, -0.05) is 57.2 Å². The minimum absolute atomic E-state index is 0.00513. The van der Waals surface area contributed by atoms with Crippen LogP contribution in [0.4, 0.5) is 14.5 Å². The van der Waals surface area contributed by atoms with E-state index in [1.807, 2.05) is 57.2 Å². The van der Waals surface area contributed by atoms with Gasteiger partial charge in [0, 0.05) is 52.3 Å². The summed E-state index contributed by atoms with van der Waals surface area (Å²) in [5, 5.41) is 0. The van der Waals surface area contributed by atoms with Gasteiger partial charge in [0.05, 0.1) is 12.8 Å². The van der Waals surface area contributed by atoms with Crippen molar-refractivity contribution < 1.29 is 26.7 Å². The number of halogens is 2. The second kappa shape index (κ2) is 12.9. The van der Waals surface area contributed by atoms with Crippen LogP contribution in [0, 0.1) is 11.6 Å². The third kappa shape index (κ3) is 7.17. The lowest BCUT2D eigenvalue weighted by Gasteiger charge is -2.29. The van der Waals surface area contributed by atoms with Crippen LogP contribution >= 0.6 is 0 Å². The van der Waals surface area contributed by atoms with Crippen LogP contribution in [0.25, 0.3) is 0 Å². The molecular formula is C32H39F2N3O4S. The zero-order chi connectivity index (χ0) is 30.7. The molecule has 0 unspecified atom stereocenters. The number of rotatable bonds is 5. The molecule has 0 radical (unpaired) electrons. The Labute approximate surface area is 247 Å². The van der Waals surface area contributed by atoms with Gasteiger partial charge in [-0.3, -0.25) is 9.69 Å². The van der Waals surface area contributed by atoms with Crippen molar-refractivity contribution in [2.75, 3.05) is 38.2 Å². The molecule has 0 aliphatic carbocycles. The van der Waals surface area contributed by atoms with Crippen LogP contribution in [0.1, 0.15) is 50.8 Å². The quantitative estimate of drug-likeness (QED) is 0.375. The van der Waals surface area contributed by atoms with Crippen LogP contribution in [-0.4, -0.2) is 56.8 Å². The first-order valence-electron chi connectivity index (χ1n) is 14.0. The van der Waals surface area contributed by atoms with Crippen LogP contribution in [-0.2, 0) is 33.3 Å². The van der Waals surface area contributed by atoms with Gasteiger partial charge in [0.15, 0.2) is 11.6 Å². The van der Waals surface area contributed by atoms with Crippen molar-refractivity contribution in [2.45, 2.75) is 57.5 Å². The fourth-order valence-electron chi connectivity index (χ4n) is 5.18. The van der Waals surface area contributed by atoms with Crippen LogP contribution in [0.3, 0.4) is 0 Å². The van der Waals surface area contributed by atoms with Gasteiger partial charge in [0.1, 0.15) is 10.6 Å². The second-order valence-corrected chi connectivity index (χ2v) is 13.5. The van der Waals surface area contributed by atoms with Crippen molar-refractivity contribution in [3.63, 3.8) is 0 Å². The summed E-state index contributed by atoms with van der Waals surface area (Å²) < 4.78 is 64.7. The molecule has 0 spiro atoms. The van der Waals surface area contributed by atoms with Gasteiger partial charge < -0.3 is 9.64 Å². The Balaban J connectivity index is 1.84. The molecule has 0 saturated heterocycles. The maximum absolute atomic E-state index is 14.6. The van der Waals surface area contributed by atoms with Gasteiger partial charge in [0.2, 0.25) is 15.9 Å². The zero-order valence-electron chi connectivity index (χ0n) is 24.9. The Kier molecular flexibility index (Phi) is 9.70. The molecule has 3 aromatic rings. The summed E-state index contributed by atoms with van der Waals surface area (Å²) in [6.45, 7) is 8.95. The summed E-state index contributed by atoms with van der Waals surface area (Å²) >= 11 is 0. The third-order valence-electron chi connectivity index (χ3n) is 7.56. The third-order valence-corrected chi connectivity index (χ3v) is 9.42. The van der Waals surface area contributed by atoms with Gasteiger partial charge in [-0.25, -0.2) is 17.2 Å². The number of nitrogens with zero attached hydrogens (tertiary/aromatic N) is 3. The number of benzene rings is 3. The molecule has 0 atom stereocenters. The summed E-state index contributed by atoms with van der Waals surface area (Å²) in [7, 11) is -2.79. The van der Waals surface area contributed by atoms with E-state index in [9.17, 15) is 22.0 Å². The molecule has 42 heavy (non-hydrogen) atoms. The molecular weight excluding hydrogens is 560 g/mol.